The number of ether oxygens (including phenoxy) is 2. The van der Waals surface area contributed by atoms with Crippen LogP contribution < -0.4 is 14.2 Å². The standard InChI is InChI=1S/C15H13N3O4S/c19-23(20,10-4-5-14-15(8-10)22-7-6-21-14)18-13-3-1-2-12-11(13)9-16-17-12/h1-5,8-9,18H,6-7H2,(H,16,17). The first kappa shape index (κ1) is 13.9. The summed E-state index contributed by atoms with van der Waals surface area (Å²) in [5.74, 6) is 0.979. The molecule has 1 aliphatic rings. The van der Waals surface area contributed by atoms with Crippen molar-refractivity contribution >= 4 is 26.6 Å². The van der Waals surface area contributed by atoms with Crippen LogP contribution >= 0.6 is 0 Å². The highest BCUT2D eigenvalue weighted by atomic mass is 32.2. The fraction of sp³-hybridized carbons (Fsp3) is 0.133. The van der Waals surface area contributed by atoms with Gasteiger partial charge in [-0.1, -0.05) is 6.07 Å². The smallest absolute Gasteiger partial charge is 0.262 e. The van der Waals surface area contributed by atoms with Crippen LogP contribution in [0.4, 0.5) is 5.69 Å². The Labute approximate surface area is 132 Å². The van der Waals surface area contributed by atoms with E-state index >= 15 is 0 Å². The van der Waals surface area contributed by atoms with Gasteiger partial charge in [-0.25, -0.2) is 8.42 Å². The quantitative estimate of drug-likeness (QED) is 0.767. The molecule has 0 bridgehead atoms. The fourth-order valence-corrected chi connectivity index (χ4v) is 3.55. The molecule has 0 spiro atoms. The Kier molecular flexibility index (Phi) is 3.12. The Morgan fingerprint density at radius 1 is 1.09 bits per heavy atom. The molecule has 0 aliphatic carbocycles. The van der Waals surface area contributed by atoms with Crippen LogP contribution in [0.5, 0.6) is 11.5 Å². The van der Waals surface area contributed by atoms with Crippen molar-refractivity contribution in [3.8, 4) is 11.5 Å². The van der Waals surface area contributed by atoms with Crippen molar-refractivity contribution in [3.05, 3.63) is 42.6 Å². The molecule has 7 nitrogen and oxygen atoms in total. The first-order valence-corrected chi connectivity index (χ1v) is 8.46. The molecule has 23 heavy (non-hydrogen) atoms. The van der Waals surface area contributed by atoms with Gasteiger partial charge in [0.15, 0.2) is 11.5 Å². The van der Waals surface area contributed by atoms with Gasteiger partial charge in [0.1, 0.15) is 13.2 Å². The van der Waals surface area contributed by atoms with Crippen molar-refractivity contribution in [2.75, 3.05) is 17.9 Å². The van der Waals surface area contributed by atoms with Crippen molar-refractivity contribution in [2.24, 2.45) is 0 Å². The Bertz CT molecular complexity index is 981. The highest BCUT2D eigenvalue weighted by molar-refractivity contribution is 7.92. The van der Waals surface area contributed by atoms with E-state index in [0.717, 1.165) is 5.52 Å². The summed E-state index contributed by atoms with van der Waals surface area (Å²) in [7, 11) is -3.74. The number of rotatable bonds is 3. The molecule has 0 amide bonds. The molecule has 4 rings (SSSR count). The SMILES string of the molecule is O=S(=O)(Nc1cccc2[nH]ncc12)c1ccc2c(c1)OCCO2. The maximum atomic E-state index is 12.6. The molecule has 2 N–H and O–H groups in total. The molecule has 1 aliphatic heterocycles. The zero-order valence-electron chi connectivity index (χ0n) is 11.9. The average Bonchev–Trinajstić information content (AvgIpc) is 3.04. The highest BCUT2D eigenvalue weighted by Gasteiger charge is 2.20. The van der Waals surface area contributed by atoms with Gasteiger partial charge in [0.25, 0.3) is 10.0 Å². The summed E-state index contributed by atoms with van der Waals surface area (Å²) in [6, 6.07) is 9.82. The van der Waals surface area contributed by atoms with Gasteiger partial charge in [0.2, 0.25) is 0 Å². The van der Waals surface area contributed by atoms with Crippen LogP contribution in [0.2, 0.25) is 0 Å². The van der Waals surface area contributed by atoms with Crippen molar-refractivity contribution in [1.82, 2.24) is 10.2 Å². The summed E-state index contributed by atoms with van der Waals surface area (Å²) in [6.07, 6.45) is 1.58. The first-order valence-electron chi connectivity index (χ1n) is 6.98. The molecule has 0 unspecified atom stereocenters. The highest BCUT2D eigenvalue weighted by Crippen LogP contribution is 2.33. The molecule has 0 radical (unpaired) electrons. The molecule has 0 saturated carbocycles. The third-order valence-electron chi connectivity index (χ3n) is 3.55. The lowest BCUT2D eigenvalue weighted by atomic mass is 10.2. The zero-order chi connectivity index (χ0) is 15.9. The molecule has 3 aromatic rings. The predicted molar refractivity (Wildman–Crippen MR) is 84.3 cm³/mol. The third-order valence-corrected chi connectivity index (χ3v) is 4.92. The van der Waals surface area contributed by atoms with Crippen LogP contribution in [-0.2, 0) is 10.0 Å². The van der Waals surface area contributed by atoms with Gasteiger partial charge in [-0.15, -0.1) is 0 Å². The number of nitrogens with one attached hydrogen (secondary N) is 2. The summed E-state index contributed by atoms with van der Waals surface area (Å²) in [4.78, 5) is 0.113. The van der Waals surface area contributed by atoms with Crippen LogP contribution in [0, 0.1) is 0 Å². The van der Waals surface area contributed by atoms with E-state index < -0.39 is 10.0 Å². The minimum Gasteiger partial charge on any atom is -0.486 e. The van der Waals surface area contributed by atoms with Gasteiger partial charge in [-0.05, 0) is 24.3 Å². The van der Waals surface area contributed by atoms with Crippen LogP contribution in [0.1, 0.15) is 0 Å². The van der Waals surface area contributed by atoms with Gasteiger partial charge in [-0.3, -0.25) is 9.82 Å². The number of nitrogens with zero attached hydrogens (tertiary/aromatic N) is 1. The van der Waals surface area contributed by atoms with Gasteiger partial charge in [-0.2, -0.15) is 5.10 Å². The number of benzene rings is 2. The van der Waals surface area contributed by atoms with Crippen LogP contribution in [0.3, 0.4) is 0 Å². The van der Waals surface area contributed by atoms with Crippen molar-refractivity contribution in [2.45, 2.75) is 4.90 Å². The van der Waals surface area contributed by atoms with Crippen molar-refractivity contribution < 1.29 is 17.9 Å². The number of fused-ring (bicyclic) bond motifs is 2. The van der Waals surface area contributed by atoms with Crippen molar-refractivity contribution in [1.29, 1.82) is 0 Å². The number of H-pyrrole nitrogens is 1. The average molecular weight is 331 g/mol. The minimum absolute atomic E-state index is 0.113. The molecule has 0 saturated heterocycles. The van der Waals surface area contributed by atoms with E-state index in [1.54, 1.807) is 24.4 Å². The van der Waals surface area contributed by atoms with E-state index in [1.165, 1.54) is 12.1 Å². The lowest BCUT2D eigenvalue weighted by Crippen LogP contribution is -2.17. The third kappa shape index (κ3) is 2.46. The summed E-state index contributed by atoms with van der Waals surface area (Å²) in [5.41, 5.74) is 1.22. The first-order chi connectivity index (χ1) is 11.1. The summed E-state index contributed by atoms with van der Waals surface area (Å²) < 4.78 is 38.7. The van der Waals surface area contributed by atoms with E-state index in [9.17, 15) is 8.42 Å². The van der Waals surface area contributed by atoms with Crippen LogP contribution in [0.25, 0.3) is 10.9 Å². The molecular formula is C15H13N3O4S. The normalized spacial score (nSPS) is 13.9. The Morgan fingerprint density at radius 2 is 1.91 bits per heavy atom. The molecule has 0 fully saturated rings. The Morgan fingerprint density at radius 3 is 2.78 bits per heavy atom. The van der Waals surface area contributed by atoms with Gasteiger partial charge in [0.05, 0.1) is 22.3 Å². The Hall–Kier alpha value is -2.74. The summed E-state index contributed by atoms with van der Waals surface area (Å²) in [6.45, 7) is 0.859. The molecule has 2 aromatic carbocycles. The number of hydrogen-bond donors (Lipinski definition) is 2. The lowest BCUT2D eigenvalue weighted by Gasteiger charge is -2.19. The van der Waals surface area contributed by atoms with Gasteiger partial charge >= 0.3 is 0 Å². The van der Waals surface area contributed by atoms with E-state index in [0.29, 0.717) is 35.8 Å². The molecule has 118 valence electrons. The summed E-state index contributed by atoms with van der Waals surface area (Å²) in [5, 5.41) is 7.43. The second-order valence-electron chi connectivity index (χ2n) is 5.05. The predicted octanol–water partition coefficient (Wildman–Crippen LogP) is 2.13. The fourth-order valence-electron chi connectivity index (χ4n) is 2.45. The molecule has 1 aromatic heterocycles. The van der Waals surface area contributed by atoms with E-state index in [1.807, 2.05) is 6.07 Å². The number of sulfonamides is 1. The van der Waals surface area contributed by atoms with Crippen LogP contribution in [-0.4, -0.2) is 31.8 Å². The topological polar surface area (TPSA) is 93.3 Å². The number of aromatic nitrogens is 2. The molecular weight excluding hydrogens is 318 g/mol. The largest absolute Gasteiger partial charge is 0.486 e. The number of aromatic amines is 1. The van der Waals surface area contributed by atoms with E-state index in [4.69, 9.17) is 9.47 Å². The monoisotopic (exact) mass is 331 g/mol. The zero-order valence-corrected chi connectivity index (χ0v) is 12.8. The van der Waals surface area contributed by atoms with E-state index in [2.05, 4.69) is 14.9 Å². The van der Waals surface area contributed by atoms with Crippen LogP contribution in [0.15, 0.2) is 47.5 Å². The second kappa shape index (κ2) is 5.17. The number of hydrogen-bond acceptors (Lipinski definition) is 5. The maximum Gasteiger partial charge on any atom is 0.262 e. The molecule has 0 atom stereocenters. The van der Waals surface area contributed by atoms with Gasteiger partial charge < -0.3 is 9.47 Å². The number of anilines is 1. The van der Waals surface area contributed by atoms with Gasteiger partial charge in [0, 0.05) is 11.5 Å². The molecule has 8 heteroatoms. The molecule has 2 heterocycles. The van der Waals surface area contributed by atoms with E-state index in [-0.39, 0.29) is 4.90 Å². The Balaban J connectivity index is 1.72. The lowest BCUT2D eigenvalue weighted by molar-refractivity contribution is 0.171. The van der Waals surface area contributed by atoms with Crippen molar-refractivity contribution in [3.63, 3.8) is 0 Å². The minimum atomic E-state index is -3.74. The maximum absolute atomic E-state index is 12.6. The second-order valence-corrected chi connectivity index (χ2v) is 6.73. The summed E-state index contributed by atoms with van der Waals surface area (Å²) >= 11 is 0.